The first kappa shape index (κ1) is 11.9. The largest absolute Gasteiger partial charge is 0.478 e. The van der Waals surface area contributed by atoms with Crippen molar-refractivity contribution in [2.24, 2.45) is 0 Å². The number of carbonyl (C=O) groups is 1. The zero-order chi connectivity index (χ0) is 12.1. The SMILES string of the molecule is O=C(O)/C=C/CNC1CCCc2ccccc21. The van der Waals surface area contributed by atoms with E-state index in [1.807, 2.05) is 0 Å². The summed E-state index contributed by atoms with van der Waals surface area (Å²) in [6.07, 6.45) is 6.30. The van der Waals surface area contributed by atoms with Crippen LogP contribution < -0.4 is 5.32 Å². The van der Waals surface area contributed by atoms with Crippen LogP contribution in [0.4, 0.5) is 0 Å². The maximum Gasteiger partial charge on any atom is 0.328 e. The van der Waals surface area contributed by atoms with Gasteiger partial charge in [-0.2, -0.15) is 0 Å². The minimum atomic E-state index is -0.893. The number of aryl methyl sites for hydroxylation is 1. The molecule has 0 heterocycles. The van der Waals surface area contributed by atoms with E-state index >= 15 is 0 Å². The molecule has 0 saturated heterocycles. The van der Waals surface area contributed by atoms with Crippen molar-refractivity contribution in [1.29, 1.82) is 0 Å². The van der Waals surface area contributed by atoms with E-state index in [9.17, 15) is 4.79 Å². The highest BCUT2D eigenvalue weighted by molar-refractivity contribution is 5.79. The number of aliphatic carboxylic acids is 1. The van der Waals surface area contributed by atoms with Crippen LogP contribution >= 0.6 is 0 Å². The molecule has 0 fully saturated rings. The summed E-state index contributed by atoms with van der Waals surface area (Å²) in [7, 11) is 0. The minimum absolute atomic E-state index is 0.360. The molecule has 1 aromatic rings. The molecule has 0 aromatic heterocycles. The zero-order valence-electron chi connectivity index (χ0n) is 9.73. The van der Waals surface area contributed by atoms with Gasteiger partial charge in [0.15, 0.2) is 0 Å². The molecule has 1 aliphatic rings. The average Bonchev–Trinajstić information content (AvgIpc) is 2.34. The van der Waals surface area contributed by atoms with Gasteiger partial charge in [0.2, 0.25) is 0 Å². The molecule has 1 aliphatic carbocycles. The second-order valence-corrected chi connectivity index (χ2v) is 4.29. The van der Waals surface area contributed by atoms with Crippen molar-refractivity contribution in [3.8, 4) is 0 Å². The smallest absolute Gasteiger partial charge is 0.328 e. The Labute approximate surface area is 101 Å². The van der Waals surface area contributed by atoms with Crippen molar-refractivity contribution in [1.82, 2.24) is 5.32 Å². The van der Waals surface area contributed by atoms with Crippen LogP contribution in [0.2, 0.25) is 0 Å². The molecule has 0 amide bonds. The van der Waals surface area contributed by atoms with Gasteiger partial charge in [0, 0.05) is 18.7 Å². The van der Waals surface area contributed by atoms with E-state index in [1.54, 1.807) is 6.08 Å². The Bertz CT molecular complexity index is 426. The standard InChI is InChI=1S/C14H17NO2/c16-14(17)9-4-10-15-13-8-3-6-11-5-1-2-7-12(11)13/h1-2,4-5,7,9,13,15H,3,6,8,10H2,(H,16,17)/b9-4+. The van der Waals surface area contributed by atoms with Crippen molar-refractivity contribution in [2.75, 3.05) is 6.54 Å². The molecule has 3 nitrogen and oxygen atoms in total. The fourth-order valence-corrected chi connectivity index (χ4v) is 2.34. The van der Waals surface area contributed by atoms with Gasteiger partial charge in [0.05, 0.1) is 0 Å². The number of benzene rings is 1. The Hall–Kier alpha value is -1.61. The molecule has 0 bridgehead atoms. The van der Waals surface area contributed by atoms with E-state index in [2.05, 4.69) is 29.6 Å². The highest BCUT2D eigenvalue weighted by Crippen LogP contribution is 2.29. The topological polar surface area (TPSA) is 49.3 Å². The first-order chi connectivity index (χ1) is 8.27. The molecular formula is C14H17NO2. The van der Waals surface area contributed by atoms with E-state index in [-0.39, 0.29) is 0 Å². The highest BCUT2D eigenvalue weighted by atomic mass is 16.4. The van der Waals surface area contributed by atoms with E-state index in [0.29, 0.717) is 12.6 Å². The lowest BCUT2D eigenvalue weighted by Crippen LogP contribution is -2.25. The van der Waals surface area contributed by atoms with Gasteiger partial charge in [-0.25, -0.2) is 4.79 Å². The predicted molar refractivity (Wildman–Crippen MR) is 66.9 cm³/mol. The van der Waals surface area contributed by atoms with Gasteiger partial charge in [-0.3, -0.25) is 0 Å². The van der Waals surface area contributed by atoms with E-state index < -0.39 is 5.97 Å². The van der Waals surface area contributed by atoms with Crippen LogP contribution in [-0.2, 0) is 11.2 Å². The molecule has 3 heteroatoms. The Balaban J connectivity index is 1.97. The first-order valence-electron chi connectivity index (χ1n) is 5.98. The summed E-state index contributed by atoms with van der Waals surface area (Å²) in [5.74, 6) is -0.893. The van der Waals surface area contributed by atoms with Crippen molar-refractivity contribution in [3.05, 3.63) is 47.5 Å². The summed E-state index contributed by atoms with van der Waals surface area (Å²) < 4.78 is 0. The molecule has 1 aromatic carbocycles. The van der Waals surface area contributed by atoms with E-state index in [0.717, 1.165) is 12.8 Å². The van der Waals surface area contributed by atoms with Crippen LogP contribution in [0.25, 0.3) is 0 Å². The monoisotopic (exact) mass is 231 g/mol. The first-order valence-corrected chi connectivity index (χ1v) is 5.98. The molecule has 1 unspecified atom stereocenters. The lowest BCUT2D eigenvalue weighted by molar-refractivity contribution is -0.131. The van der Waals surface area contributed by atoms with Crippen LogP contribution in [0.1, 0.15) is 30.0 Å². The summed E-state index contributed by atoms with van der Waals surface area (Å²) in [5.41, 5.74) is 2.78. The van der Waals surface area contributed by atoms with Crippen LogP contribution in [0.15, 0.2) is 36.4 Å². The van der Waals surface area contributed by atoms with Crippen LogP contribution in [0, 0.1) is 0 Å². The van der Waals surface area contributed by atoms with Gasteiger partial charge in [0.1, 0.15) is 0 Å². The fraction of sp³-hybridized carbons (Fsp3) is 0.357. The summed E-state index contributed by atoms with van der Waals surface area (Å²) in [5, 5.41) is 11.9. The molecule has 90 valence electrons. The molecular weight excluding hydrogens is 214 g/mol. The summed E-state index contributed by atoms with van der Waals surface area (Å²) in [4.78, 5) is 10.3. The maximum atomic E-state index is 10.3. The molecule has 2 N–H and O–H groups in total. The Morgan fingerprint density at radius 1 is 1.47 bits per heavy atom. The molecule has 0 radical (unpaired) electrons. The average molecular weight is 231 g/mol. The molecule has 0 aliphatic heterocycles. The molecule has 0 spiro atoms. The fourth-order valence-electron chi connectivity index (χ4n) is 2.34. The minimum Gasteiger partial charge on any atom is -0.478 e. The highest BCUT2D eigenvalue weighted by Gasteiger charge is 2.18. The summed E-state index contributed by atoms with van der Waals surface area (Å²) in [6, 6.07) is 8.83. The van der Waals surface area contributed by atoms with Gasteiger partial charge in [-0.05, 0) is 30.4 Å². The number of hydrogen-bond acceptors (Lipinski definition) is 2. The Morgan fingerprint density at radius 2 is 2.29 bits per heavy atom. The third-order valence-electron chi connectivity index (χ3n) is 3.11. The van der Waals surface area contributed by atoms with Crippen molar-refractivity contribution >= 4 is 5.97 Å². The van der Waals surface area contributed by atoms with Gasteiger partial charge in [0.25, 0.3) is 0 Å². The van der Waals surface area contributed by atoms with Crippen molar-refractivity contribution in [3.63, 3.8) is 0 Å². The number of carboxylic acids is 1. The van der Waals surface area contributed by atoms with Gasteiger partial charge in [-0.1, -0.05) is 30.3 Å². The molecule has 2 rings (SSSR count). The Morgan fingerprint density at radius 3 is 3.12 bits per heavy atom. The van der Waals surface area contributed by atoms with Crippen LogP contribution in [0.5, 0.6) is 0 Å². The van der Waals surface area contributed by atoms with Crippen molar-refractivity contribution in [2.45, 2.75) is 25.3 Å². The number of hydrogen-bond donors (Lipinski definition) is 2. The lowest BCUT2D eigenvalue weighted by atomic mass is 9.88. The second-order valence-electron chi connectivity index (χ2n) is 4.29. The lowest BCUT2D eigenvalue weighted by Gasteiger charge is -2.26. The zero-order valence-corrected chi connectivity index (χ0v) is 9.73. The van der Waals surface area contributed by atoms with E-state index in [4.69, 9.17) is 5.11 Å². The van der Waals surface area contributed by atoms with Crippen LogP contribution in [-0.4, -0.2) is 17.6 Å². The quantitative estimate of drug-likeness (QED) is 0.782. The second kappa shape index (κ2) is 5.64. The number of carboxylic acid groups (broad SMARTS) is 1. The van der Waals surface area contributed by atoms with Gasteiger partial charge >= 0.3 is 5.97 Å². The van der Waals surface area contributed by atoms with E-state index in [1.165, 1.54) is 23.6 Å². The maximum absolute atomic E-state index is 10.3. The number of nitrogens with one attached hydrogen (secondary N) is 1. The van der Waals surface area contributed by atoms with Crippen LogP contribution in [0.3, 0.4) is 0 Å². The molecule has 17 heavy (non-hydrogen) atoms. The third kappa shape index (κ3) is 3.17. The van der Waals surface area contributed by atoms with Crippen molar-refractivity contribution < 1.29 is 9.90 Å². The number of fused-ring (bicyclic) bond motifs is 1. The summed E-state index contributed by atoms with van der Waals surface area (Å²) >= 11 is 0. The number of rotatable bonds is 4. The Kier molecular flexibility index (Phi) is 3.94. The third-order valence-corrected chi connectivity index (χ3v) is 3.11. The normalized spacial score (nSPS) is 19.2. The predicted octanol–water partition coefficient (Wildman–Crippen LogP) is 2.29. The van der Waals surface area contributed by atoms with Gasteiger partial charge in [-0.15, -0.1) is 0 Å². The summed E-state index contributed by atoms with van der Waals surface area (Å²) in [6.45, 7) is 0.602. The molecule has 1 atom stereocenters. The van der Waals surface area contributed by atoms with Gasteiger partial charge < -0.3 is 10.4 Å². The molecule has 0 saturated carbocycles.